The van der Waals surface area contributed by atoms with Crippen molar-refractivity contribution in [1.29, 1.82) is 0 Å². The summed E-state index contributed by atoms with van der Waals surface area (Å²) in [4.78, 5) is 0. The minimum absolute atomic E-state index is 0.873. The van der Waals surface area contributed by atoms with Gasteiger partial charge in [-0.25, -0.2) is 0 Å². The van der Waals surface area contributed by atoms with E-state index in [9.17, 15) is 0 Å². The van der Waals surface area contributed by atoms with Gasteiger partial charge in [0.1, 0.15) is 0 Å². The first kappa shape index (κ1) is 9.05. The fraction of sp³-hybridized carbons (Fsp3) is 1.00. The van der Waals surface area contributed by atoms with E-state index >= 15 is 0 Å². The van der Waals surface area contributed by atoms with E-state index in [4.69, 9.17) is 0 Å². The van der Waals surface area contributed by atoms with E-state index in [0.29, 0.717) is 0 Å². The normalized spacial score (nSPS) is 37.1. The molecule has 0 radical (unpaired) electrons. The number of likely N-dealkylation sites (tertiary alicyclic amines) is 1. The van der Waals surface area contributed by atoms with Crippen LogP contribution >= 0.6 is 0 Å². The maximum atomic E-state index is 2.38. The van der Waals surface area contributed by atoms with Gasteiger partial charge in [-0.1, -0.05) is 6.92 Å². The summed E-state index contributed by atoms with van der Waals surface area (Å²) in [6.45, 7) is 6.09. The Morgan fingerprint density at radius 1 is 1.27 bits per heavy atom. The fourth-order valence-electron chi connectivity index (χ4n) is 2.10. The van der Waals surface area contributed by atoms with Crippen LogP contribution in [0.5, 0.6) is 0 Å². The van der Waals surface area contributed by atoms with Gasteiger partial charge in [0.15, 0.2) is 0 Å². The molecule has 0 aliphatic carbocycles. The number of quaternary nitrogens is 1. The summed E-state index contributed by atoms with van der Waals surface area (Å²) in [5, 5.41) is 0. The summed E-state index contributed by atoms with van der Waals surface area (Å²) in [6, 6.07) is 0.873. The SMILES string of the molecule is CCC1CCC(C)[N+](C)(C)C1. The Balaban J connectivity index is 2.52. The summed E-state index contributed by atoms with van der Waals surface area (Å²) < 4.78 is 1.23. The molecule has 0 N–H and O–H groups in total. The van der Waals surface area contributed by atoms with E-state index in [1.165, 1.54) is 30.3 Å². The van der Waals surface area contributed by atoms with Gasteiger partial charge in [-0.15, -0.1) is 0 Å². The zero-order valence-electron chi connectivity index (χ0n) is 8.43. The van der Waals surface area contributed by atoms with Gasteiger partial charge in [0.05, 0.1) is 26.7 Å². The Hall–Kier alpha value is -0.0400. The lowest BCUT2D eigenvalue weighted by atomic mass is 9.90. The van der Waals surface area contributed by atoms with Crippen LogP contribution in [0.15, 0.2) is 0 Å². The van der Waals surface area contributed by atoms with E-state index in [1.807, 2.05) is 0 Å². The molecule has 1 rings (SSSR count). The van der Waals surface area contributed by atoms with Gasteiger partial charge in [0.2, 0.25) is 0 Å². The van der Waals surface area contributed by atoms with Crippen molar-refractivity contribution in [3.05, 3.63) is 0 Å². The first-order valence-electron chi connectivity index (χ1n) is 4.89. The van der Waals surface area contributed by atoms with Crippen LogP contribution < -0.4 is 0 Å². The third kappa shape index (κ3) is 1.96. The van der Waals surface area contributed by atoms with Crippen LogP contribution in [0.2, 0.25) is 0 Å². The van der Waals surface area contributed by atoms with Gasteiger partial charge in [0.25, 0.3) is 0 Å². The molecule has 1 aliphatic rings. The molecule has 2 unspecified atom stereocenters. The van der Waals surface area contributed by atoms with Crippen molar-refractivity contribution < 1.29 is 4.48 Å². The van der Waals surface area contributed by atoms with Gasteiger partial charge >= 0.3 is 0 Å². The summed E-state index contributed by atoms with van der Waals surface area (Å²) in [7, 11) is 4.74. The molecule has 1 aliphatic heterocycles. The number of hydrogen-bond donors (Lipinski definition) is 0. The highest BCUT2D eigenvalue weighted by Crippen LogP contribution is 2.27. The monoisotopic (exact) mass is 156 g/mol. The molecular weight excluding hydrogens is 134 g/mol. The average Bonchev–Trinajstić information content (AvgIpc) is 1.95. The molecule has 11 heavy (non-hydrogen) atoms. The quantitative estimate of drug-likeness (QED) is 0.511. The molecule has 1 fully saturated rings. The molecule has 1 saturated heterocycles. The summed E-state index contributed by atoms with van der Waals surface area (Å²) in [6.07, 6.45) is 4.25. The second kappa shape index (κ2) is 3.14. The standard InChI is InChI=1S/C10H22N/c1-5-10-7-6-9(2)11(3,4)8-10/h9-10H,5-8H2,1-4H3/q+1. The lowest BCUT2D eigenvalue weighted by Gasteiger charge is -2.43. The molecule has 0 aromatic carbocycles. The third-order valence-electron chi connectivity index (χ3n) is 3.49. The van der Waals surface area contributed by atoms with E-state index in [-0.39, 0.29) is 0 Å². The highest BCUT2D eigenvalue weighted by atomic mass is 15.3. The van der Waals surface area contributed by atoms with Gasteiger partial charge < -0.3 is 4.48 Å². The van der Waals surface area contributed by atoms with Crippen LogP contribution in [0.4, 0.5) is 0 Å². The molecule has 2 atom stereocenters. The van der Waals surface area contributed by atoms with Gasteiger partial charge in [0, 0.05) is 5.92 Å². The van der Waals surface area contributed by atoms with Crippen LogP contribution in [0, 0.1) is 5.92 Å². The summed E-state index contributed by atoms with van der Waals surface area (Å²) in [5.41, 5.74) is 0. The Morgan fingerprint density at radius 2 is 1.91 bits per heavy atom. The highest BCUT2D eigenvalue weighted by Gasteiger charge is 2.32. The Bertz CT molecular complexity index is 129. The van der Waals surface area contributed by atoms with Crippen LogP contribution in [-0.2, 0) is 0 Å². The van der Waals surface area contributed by atoms with Crippen molar-refractivity contribution in [2.45, 2.75) is 39.2 Å². The molecular formula is C10H22N+. The molecule has 0 amide bonds. The lowest BCUT2D eigenvalue weighted by molar-refractivity contribution is -0.921. The topological polar surface area (TPSA) is 0 Å². The van der Waals surface area contributed by atoms with Gasteiger partial charge in [-0.05, 0) is 26.2 Å². The third-order valence-corrected chi connectivity index (χ3v) is 3.49. The summed E-state index contributed by atoms with van der Waals surface area (Å²) in [5.74, 6) is 0.987. The zero-order valence-corrected chi connectivity index (χ0v) is 8.43. The van der Waals surface area contributed by atoms with E-state index < -0.39 is 0 Å². The average molecular weight is 156 g/mol. The highest BCUT2D eigenvalue weighted by molar-refractivity contribution is 4.66. The van der Waals surface area contributed by atoms with Crippen molar-refractivity contribution in [3.8, 4) is 0 Å². The first-order chi connectivity index (χ1) is 5.06. The maximum absolute atomic E-state index is 2.38. The number of hydrogen-bond acceptors (Lipinski definition) is 0. The molecule has 0 aromatic rings. The molecule has 1 nitrogen and oxygen atoms in total. The first-order valence-corrected chi connectivity index (χ1v) is 4.89. The molecule has 0 aromatic heterocycles. The van der Waals surface area contributed by atoms with Crippen LogP contribution in [-0.4, -0.2) is 31.2 Å². The zero-order chi connectivity index (χ0) is 8.48. The maximum Gasteiger partial charge on any atom is 0.0857 e. The number of nitrogens with zero attached hydrogens (tertiary/aromatic N) is 1. The van der Waals surface area contributed by atoms with Crippen molar-refractivity contribution in [2.24, 2.45) is 5.92 Å². The van der Waals surface area contributed by atoms with Gasteiger partial charge in [-0.3, -0.25) is 0 Å². The van der Waals surface area contributed by atoms with Crippen molar-refractivity contribution in [3.63, 3.8) is 0 Å². The van der Waals surface area contributed by atoms with Crippen molar-refractivity contribution >= 4 is 0 Å². The molecule has 1 heterocycles. The predicted molar refractivity (Wildman–Crippen MR) is 49.5 cm³/mol. The predicted octanol–water partition coefficient (Wildman–Crippen LogP) is 2.27. The molecule has 0 spiro atoms. The van der Waals surface area contributed by atoms with Crippen LogP contribution in [0.1, 0.15) is 33.1 Å². The second-order valence-electron chi connectivity index (χ2n) is 4.66. The number of rotatable bonds is 1. The lowest BCUT2D eigenvalue weighted by Crippen LogP contribution is -2.53. The molecule has 0 bridgehead atoms. The number of piperidine rings is 1. The van der Waals surface area contributed by atoms with Crippen LogP contribution in [0.3, 0.4) is 0 Å². The largest absolute Gasteiger partial charge is 0.326 e. The second-order valence-corrected chi connectivity index (χ2v) is 4.66. The molecule has 66 valence electrons. The summed E-state index contributed by atoms with van der Waals surface area (Å²) >= 11 is 0. The Labute approximate surface area is 71.0 Å². The van der Waals surface area contributed by atoms with Crippen LogP contribution in [0.25, 0.3) is 0 Å². The van der Waals surface area contributed by atoms with Gasteiger partial charge in [-0.2, -0.15) is 0 Å². The van der Waals surface area contributed by atoms with Crippen molar-refractivity contribution in [2.75, 3.05) is 20.6 Å². The van der Waals surface area contributed by atoms with E-state index in [0.717, 1.165) is 12.0 Å². The fourth-order valence-corrected chi connectivity index (χ4v) is 2.10. The Morgan fingerprint density at radius 3 is 2.36 bits per heavy atom. The van der Waals surface area contributed by atoms with Crippen molar-refractivity contribution in [1.82, 2.24) is 0 Å². The smallest absolute Gasteiger partial charge is 0.0857 e. The Kier molecular flexibility index (Phi) is 2.58. The van der Waals surface area contributed by atoms with E-state index in [1.54, 1.807) is 0 Å². The minimum atomic E-state index is 0.873. The molecule has 0 saturated carbocycles. The molecule has 1 heteroatoms. The minimum Gasteiger partial charge on any atom is -0.326 e. The van der Waals surface area contributed by atoms with E-state index in [2.05, 4.69) is 27.9 Å².